The summed E-state index contributed by atoms with van der Waals surface area (Å²) < 4.78 is 31.9. The zero-order valence-corrected chi connectivity index (χ0v) is 17.7. The first-order chi connectivity index (χ1) is 15.1. The zero-order chi connectivity index (χ0) is 22.2. The van der Waals surface area contributed by atoms with E-state index in [4.69, 9.17) is 28.4 Å². The summed E-state index contributed by atoms with van der Waals surface area (Å²) in [6.07, 6.45) is 0.597. The molecule has 0 aliphatic carbocycles. The first kappa shape index (κ1) is 22.1. The van der Waals surface area contributed by atoms with Crippen LogP contribution in [0.25, 0.3) is 0 Å². The van der Waals surface area contributed by atoms with Crippen molar-refractivity contribution in [3.8, 4) is 28.7 Å². The Kier molecular flexibility index (Phi) is 7.42. The zero-order valence-electron chi connectivity index (χ0n) is 17.7. The van der Waals surface area contributed by atoms with Gasteiger partial charge in [0.15, 0.2) is 29.6 Å². The molecule has 3 rings (SSSR count). The molecule has 0 saturated heterocycles. The number of hydrogen-bond acceptors (Lipinski definition) is 8. The number of hydrogen-bond donors (Lipinski definition) is 1. The van der Waals surface area contributed by atoms with E-state index in [1.54, 1.807) is 6.07 Å². The van der Waals surface area contributed by atoms with Crippen molar-refractivity contribution in [2.24, 2.45) is 0 Å². The monoisotopic (exact) mass is 431 g/mol. The highest BCUT2D eigenvalue weighted by Gasteiger charge is 2.22. The van der Waals surface area contributed by atoms with Gasteiger partial charge in [-0.1, -0.05) is 6.07 Å². The maximum Gasteiger partial charge on any atom is 0.342 e. The summed E-state index contributed by atoms with van der Waals surface area (Å²) in [7, 11) is 4.31. The Hall–Kier alpha value is -3.62. The third-order valence-electron chi connectivity index (χ3n) is 4.60. The van der Waals surface area contributed by atoms with Crippen molar-refractivity contribution in [1.82, 2.24) is 5.32 Å². The SMILES string of the molecule is COc1ccc(C(=O)OCC(=O)NCCc2ccc3c(c2)OCCO3)c(OC)c1OC. The molecule has 0 spiro atoms. The fraction of sp³-hybridized carbons (Fsp3) is 0.364. The Morgan fingerprint density at radius 2 is 1.68 bits per heavy atom. The Balaban J connectivity index is 1.50. The van der Waals surface area contributed by atoms with Crippen LogP contribution in [0.5, 0.6) is 28.7 Å². The van der Waals surface area contributed by atoms with Crippen LogP contribution in [0.2, 0.25) is 0 Å². The Morgan fingerprint density at radius 3 is 2.39 bits per heavy atom. The third kappa shape index (κ3) is 5.30. The molecule has 9 nitrogen and oxygen atoms in total. The highest BCUT2D eigenvalue weighted by Crippen LogP contribution is 2.40. The molecule has 166 valence electrons. The van der Waals surface area contributed by atoms with Gasteiger partial charge in [-0.25, -0.2) is 4.79 Å². The molecule has 0 atom stereocenters. The molecule has 1 heterocycles. The normalized spacial score (nSPS) is 12.0. The second-order valence-electron chi connectivity index (χ2n) is 6.54. The summed E-state index contributed by atoms with van der Waals surface area (Å²) in [5.74, 6) is 1.15. The van der Waals surface area contributed by atoms with E-state index >= 15 is 0 Å². The van der Waals surface area contributed by atoms with Crippen molar-refractivity contribution in [2.75, 3.05) is 47.7 Å². The van der Waals surface area contributed by atoms with Gasteiger partial charge in [0.1, 0.15) is 18.8 Å². The second-order valence-corrected chi connectivity index (χ2v) is 6.54. The van der Waals surface area contributed by atoms with Gasteiger partial charge in [0, 0.05) is 6.54 Å². The van der Waals surface area contributed by atoms with Crippen molar-refractivity contribution in [3.05, 3.63) is 41.5 Å². The van der Waals surface area contributed by atoms with Crippen LogP contribution in [0.15, 0.2) is 30.3 Å². The smallest absolute Gasteiger partial charge is 0.342 e. The van der Waals surface area contributed by atoms with Gasteiger partial charge in [0.05, 0.1) is 21.3 Å². The van der Waals surface area contributed by atoms with Crippen LogP contribution in [-0.2, 0) is 16.0 Å². The van der Waals surface area contributed by atoms with Gasteiger partial charge >= 0.3 is 5.97 Å². The number of amides is 1. The molecule has 0 aromatic heterocycles. The molecule has 1 amide bonds. The van der Waals surface area contributed by atoms with Crippen LogP contribution in [0.4, 0.5) is 0 Å². The number of carbonyl (C=O) groups excluding carboxylic acids is 2. The van der Waals surface area contributed by atoms with E-state index < -0.39 is 18.5 Å². The molecule has 0 saturated carbocycles. The predicted molar refractivity (Wildman–Crippen MR) is 111 cm³/mol. The number of fused-ring (bicyclic) bond motifs is 1. The molecular formula is C22H25NO8. The van der Waals surface area contributed by atoms with Crippen LogP contribution < -0.4 is 29.0 Å². The molecule has 0 bridgehead atoms. The maximum absolute atomic E-state index is 12.4. The number of nitrogens with one attached hydrogen (secondary N) is 1. The van der Waals surface area contributed by atoms with Gasteiger partial charge in [-0.2, -0.15) is 0 Å². The maximum atomic E-state index is 12.4. The highest BCUT2D eigenvalue weighted by molar-refractivity contribution is 5.95. The van der Waals surface area contributed by atoms with Crippen LogP contribution >= 0.6 is 0 Å². The lowest BCUT2D eigenvalue weighted by atomic mass is 10.1. The summed E-state index contributed by atoms with van der Waals surface area (Å²) in [6, 6.07) is 8.71. The summed E-state index contributed by atoms with van der Waals surface area (Å²) in [6.45, 7) is 1.02. The van der Waals surface area contributed by atoms with Crippen molar-refractivity contribution in [3.63, 3.8) is 0 Å². The van der Waals surface area contributed by atoms with Crippen LogP contribution in [0.1, 0.15) is 15.9 Å². The standard InChI is InChI=1S/C22H25NO8/c1-26-17-7-5-15(20(27-2)21(17)28-3)22(25)31-13-19(24)23-9-8-14-4-6-16-18(12-14)30-11-10-29-16/h4-7,12H,8-11,13H2,1-3H3,(H,23,24). The third-order valence-corrected chi connectivity index (χ3v) is 4.60. The summed E-state index contributed by atoms with van der Waals surface area (Å²) in [5.41, 5.74) is 1.13. The van der Waals surface area contributed by atoms with E-state index in [2.05, 4.69) is 5.32 Å². The minimum atomic E-state index is -0.709. The molecule has 1 aliphatic rings. The summed E-state index contributed by atoms with van der Waals surface area (Å²) in [5, 5.41) is 2.72. The molecule has 9 heteroatoms. The molecule has 1 N–H and O–H groups in total. The lowest BCUT2D eigenvalue weighted by Gasteiger charge is -2.18. The average molecular weight is 431 g/mol. The number of benzene rings is 2. The van der Waals surface area contributed by atoms with E-state index in [-0.39, 0.29) is 17.1 Å². The van der Waals surface area contributed by atoms with Crippen LogP contribution in [-0.4, -0.2) is 59.6 Å². The highest BCUT2D eigenvalue weighted by atomic mass is 16.6. The van der Waals surface area contributed by atoms with Gasteiger partial charge in [-0.3, -0.25) is 4.79 Å². The Morgan fingerprint density at radius 1 is 0.935 bits per heavy atom. The summed E-state index contributed by atoms with van der Waals surface area (Å²) in [4.78, 5) is 24.5. The van der Waals surface area contributed by atoms with Gasteiger partial charge < -0.3 is 33.7 Å². The largest absolute Gasteiger partial charge is 0.493 e. The minimum Gasteiger partial charge on any atom is -0.493 e. The molecule has 1 aliphatic heterocycles. The second kappa shape index (κ2) is 10.4. The Bertz CT molecular complexity index is 943. The average Bonchev–Trinajstić information content (AvgIpc) is 2.81. The van der Waals surface area contributed by atoms with Gasteiger partial charge in [0.25, 0.3) is 5.91 Å². The number of carbonyl (C=O) groups is 2. The van der Waals surface area contributed by atoms with Gasteiger partial charge in [-0.05, 0) is 36.2 Å². The number of rotatable bonds is 9. The quantitative estimate of drug-likeness (QED) is 0.602. The van der Waals surface area contributed by atoms with E-state index in [9.17, 15) is 9.59 Å². The fourth-order valence-corrected chi connectivity index (χ4v) is 3.11. The minimum absolute atomic E-state index is 0.129. The fourth-order valence-electron chi connectivity index (χ4n) is 3.11. The lowest BCUT2D eigenvalue weighted by Crippen LogP contribution is -2.30. The van der Waals surface area contributed by atoms with Crippen LogP contribution in [0.3, 0.4) is 0 Å². The predicted octanol–water partition coefficient (Wildman–Crippen LogP) is 2.00. The van der Waals surface area contributed by atoms with Crippen LogP contribution in [0, 0.1) is 0 Å². The first-order valence-corrected chi connectivity index (χ1v) is 9.68. The molecular weight excluding hydrogens is 406 g/mol. The van der Waals surface area contributed by atoms with Crippen molar-refractivity contribution in [2.45, 2.75) is 6.42 Å². The number of methoxy groups -OCH3 is 3. The van der Waals surface area contributed by atoms with E-state index in [0.717, 1.165) is 11.3 Å². The topological polar surface area (TPSA) is 102 Å². The molecule has 0 fully saturated rings. The van der Waals surface area contributed by atoms with Gasteiger partial charge in [-0.15, -0.1) is 0 Å². The van der Waals surface area contributed by atoms with Crippen molar-refractivity contribution >= 4 is 11.9 Å². The molecule has 2 aromatic rings. The molecule has 0 unspecified atom stereocenters. The number of ether oxygens (including phenoxy) is 6. The molecule has 2 aromatic carbocycles. The first-order valence-electron chi connectivity index (χ1n) is 9.68. The van der Waals surface area contributed by atoms with E-state index in [0.29, 0.717) is 37.7 Å². The van der Waals surface area contributed by atoms with Gasteiger partial charge in [0.2, 0.25) is 5.75 Å². The number of esters is 1. The molecule has 0 radical (unpaired) electrons. The Labute approximate surface area is 180 Å². The lowest BCUT2D eigenvalue weighted by molar-refractivity contribution is -0.124. The van der Waals surface area contributed by atoms with Crippen molar-refractivity contribution < 1.29 is 38.0 Å². The van der Waals surface area contributed by atoms with E-state index in [1.165, 1.54) is 27.4 Å². The molecule has 31 heavy (non-hydrogen) atoms. The van der Waals surface area contributed by atoms with Crippen molar-refractivity contribution in [1.29, 1.82) is 0 Å². The summed E-state index contributed by atoms with van der Waals surface area (Å²) >= 11 is 0. The van der Waals surface area contributed by atoms with E-state index in [1.807, 2.05) is 18.2 Å².